The third kappa shape index (κ3) is 3.74. The lowest BCUT2D eigenvalue weighted by molar-refractivity contribution is 0.577. The van der Waals surface area contributed by atoms with Crippen molar-refractivity contribution in [3.05, 3.63) is 59.7 Å². The molecule has 0 amide bonds. The Morgan fingerprint density at radius 2 is 1.57 bits per heavy atom. The van der Waals surface area contributed by atoms with Crippen LogP contribution in [-0.4, -0.2) is 7.05 Å². The number of hydrogen-bond acceptors (Lipinski definition) is 1. The SMILES string of the molecule is CCC(C)c1ccc(-c2cccc(C(CC)NC)c2)cc1. The molecule has 0 heterocycles. The van der Waals surface area contributed by atoms with E-state index < -0.39 is 0 Å². The highest BCUT2D eigenvalue weighted by Gasteiger charge is 2.08. The molecule has 2 aromatic carbocycles. The zero-order chi connectivity index (χ0) is 15.2. The van der Waals surface area contributed by atoms with Crippen molar-refractivity contribution in [2.75, 3.05) is 7.05 Å². The molecule has 0 aliphatic carbocycles. The molecule has 0 saturated carbocycles. The van der Waals surface area contributed by atoms with Crippen LogP contribution in [0.1, 0.15) is 56.7 Å². The number of hydrogen-bond donors (Lipinski definition) is 1. The first-order chi connectivity index (χ1) is 10.2. The van der Waals surface area contributed by atoms with Crippen LogP contribution < -0.4 is 5.32 Å². The van der Waals surface area contributed by atoms with E-state index in [4.69, 9.17) is 0 Å². The standard InChI is InChI=1S/C20H27N/c1-5-15(3)16-10-12-17(13-11-16)18-8-7-9-19(14-18)20(6-2)21-4/h7-15,20-21H,5-6H2,1-4H3. The Labute approximate surface area is 129 Å². The van der Waals surface area contributed by atoms with E-state index in [9.17, 15) is 0 Å². The van der Waals surface area contributed by atoms with Gasteiger partial charge in [-0.05, 0) is 54.1 Å². The summed E-state index contributed by atoms with van der Waals surface area (Å²) in [6.45, 7) is 6.74. The predicted molar refractivity (Wildman–Crippen MR) is 92.7 cm³/mol. The highest BCUT2D eigenvalue weighted by molar-refractivity contribution is 5.64. The number of rotatable bonds is 6. The molecule has 112 valence electrons. The zero-order valence-corrected chi connectivity index (χ0v) is 13.7. The van der Waals surface area contributed by atoms with Gasteiger partial charge in [0.1, 0.15) is 0 Å². The van der Waals surface area contributed by atoms with Crippen molar-refractivity contribution >= 4 is 0 Å². The summed E-state index contributed by atoms with van der Waals surface area (Å²) in [6.07, 6.45) is 2.29. The molecule has 0 saturated heterocycles. The molecular weight excluding hydrogens is 254 g/mol. The summed E-state index contributed by atoms with van der Waals surface area (Å²) in [5, 5.41) is 3.38. The second-order valence-corrected chi connectivity index (χ2v) is 5.81. The minimum absolute atomic E-state index is 0.435. The largest absolute Gasteiger partial charge is 0.313 e. The zero-order valence-electron chi connectivity index (χ0n) is 13.7. The van der Waals surface area contributed by atoms with Gasteiger partial charge in [0.15, 0.2) is 0 Å². The van der Waals surface area contributed by atoms with Gasteiger partial charge in [-0.25, -0.2) is 0 Å². The van der Waals surface area contributed by atoms with Crippen LogP contribution in [0.2, 0.25) is 0 Å². The summed E-state index contributed by atoms with van der Waals surface area (Å²) >= 11 is 0. The van der Waals surface area contributed by atoms with Gasteiger partial charge in [0.25, 0.3) is 0 Å². The van der Waals surface area contributed by atoms with Crippen LogP contribution in [-0.2, 0) is 0 Å². The Morgan fingerprint density at radius 1 is 0.857 bits per heavy atom. The van der Waals surface area contributed by atoms with Crippen LogP contribution in [0, 0.1) is 0 Å². The van der Waals surface area contributed by atoms with Gasteiger partial charge in [0.05, 0.1) is 0 Å². The predicted octanol–water partition coefficient (Wildman–Crippen LogP) is 5.54. The van der Waals surface area contributed by atoms with Gasteiger partial charge in [-0.1, -0.05) is 63.2 Å². The van der Waals surface area contributed by atoms with Crippen molar-refractivity contribution in [2.45, 2.75) is 45.6 Å². The molecule has 2 atom stereocenters. The maximum Gasteiger partial charge on any atom is 0.0315 e. The fourth-order valence-electron chi connectivity index (χ4n) is 2.78. The van der Waals surface area contributed by atoms with E-state index in [2.05, 4.69) is 74.6 Å². The molecule has 0 radical (unpaired) electrons. The average Bonchev–Trinajstić information content (AvgIpc) is 2.56. The van der Waals surface area contributed by atoms with Crippen LogP contribution >= 0.6 is 0 Å². The first-order valence-corrected chi connectivity index (χ1v) is 8.07. The van der Waals surface area contributed by atoms with E-state index in [-0.39, 0.29) is 0 Å². The highest BCUT2D eigenvalue weighted by atomic mass is 14.9. The van der Waals surface area contributed by atoms with Gasteiger partial charge >= 0.3 is 0 Å². The molecule has 0 bridgehead atoms. The van der Waals surface area contributed by atoms with Crippen molar-refractivity contribution in [3.63, 3.8) is 0 Å². The van der Waals surface area contributed by atoms with Gasteiger partial charge in [0.2, 0.25) is 0 Å². The quantitative estimate of drug-likeness (QED) is 0.733. The van der Waals surface area contributed by atoms with Crippen molar-refractivity contribution in [1.82, 2.24) is 5.32 Å². The molecule has 0 fully saturated rings. The topological polar surface area (TPSA) is 12.0 Å². The fraction of sp³-hybridized carbons (Fsp3) is 0.400. The summed E-state index contributed by atoms with van der Waals surface area (Å²) in [5.41, 5.74) is 5.40. The lowest BCUT2D eigenvalue weighted by atomic mass is 9.94. The van der Waals surface area contributed by atoms with Crippen molar-refractivity contribution in [1.29, 1.82) is 0 Å². The highest BCUT2D eigenvalue weighted by Crippen LogP contribution is 2.27. The molecule has 1 heteroatoms. The second kappa shape index (κ2) is 7.42. The molecule has 2 unspecified atom stereocenters. The van der Waals surface area contributed by atoms with Gasteiger partial charge in [-0.15, -0.1) is 0 Å². The molecule has 1 N–H and O–H groups in total. The van der Waals surface area contributed by atoms with Gasteiger partial charge in [0, 0.05) is 6.04 Å². The van der Waals surface area contributed by atoms with Crippen LogP contribution in [0.25, 0.3) is 11.1 Å². The fourth-order valence-corrected chi connectivity index (χ4v) is 2.78. The lowest BCUT2D eigenvalue weighted by Gasteiger charge is -2.16. The maximum absolute atomic E-state index is 3.38. The smallest absolute Gasteiger partial charge is 0.0315 e. The second-order valence-electron chi connectivity index (χ2n) is 5.81. The van der Waals surface area contributed by atoms with Gasteiger partial charge < -0.3 is 5.32 Å². The molecule has 0 aliphatic rings. The number of benzene rings is 2. The Hall–Kier alpha value is -1.60. The van der Waals surface area contributed by atoms with Crippen LogP contribution in [0.15, 0.2) is 48.5 Å². The normalized spacial score (nSPS) is 13.9. The minimum atomic E-state index is 0.435. The van der Waals surface area contributed by atoms with Crippen LogP contribution in [0.5, 0.6) is 0 Å². The van der Waals surface area contributed by atoms with E-state index in [1.165, 1.54) is 28.7 Å². The van der Waals surface area contributed by atoms with Crippen LogP contribution in [0.4, 0.5) is 0 Å². The summed E-state index contributed by atoms with van der Waals surface area (Å²) in [7, 11) is 2.03. The molecule has 1 nitrogen and oxygen atoms in total. The molecule has 2 aromatic rings. The summed E-state index contributed by atoms with van der Waals surface area (Å²) < 4.78 is 0. The Bertz CT molecular complexity index is 552. The Morgan fingerprint density at radius 3 is 2.14 bits per heavy atom. The first-order valence-electron chi connectivity index (χ1n) is 8.07. The molecular formula is C20H27N. The monoisotopic (exact) mass is 281 g/mol. The van der Waals surface area contributed by atoms with E-state index in [0.29, 0.717) is 12.0 Å². The Kier molecular flexibility index (Phi) is 5.58. The van der Waals surface area contributed by atoms with Crippen molar-refractivity contribution in [2.24, 2.45) is 0 Å². The third-order valence-electron chi connectivity index (χ3n) is 4.47. The first kappa shape index (κ1) is 15.8. The maximum atomic E-state index is 3.38. The van der Waals surface area contributed by atoms with Crippen molar-refractivity contribution < 1.29 is 0 Å². The van der Waals surface area contributed by atoms with E-state index >= 15 is 0 Å². The third-order valence-corrected chi connectivity index (χ3v) is 4.47. The lowest BCUT2D eigenvalue weighted by Crippen LogP contribution is -2.15. The molecule has 0 aromatic heterocycles. The average molecular weight is 281 g/mol. The molecule has 0 aliphatic heterocycles. The molecule has 2 rings (SSSR count). The van der Waals surface area contributed by atoms with E-state index in [0.717, 1.165) is 6.42 Å². The Balaban J connectivity index is 2.27. The summed E-state index contributed by atoms with van der Waals surface area (Å²) in [5.74, 6) is 0.638. The van der Waals surface area contributed by atoms with Gasteiger partial charge in [-0.3, -0.25) is 0 Å². The molecule has 0 spiro atoms. The van der Waals surface area contributed by atoms with Crippen molar-refractivity contribution in [3.8, 4) is 11.1 Å². The van der Waals surface area contributed by atoms with Crippen LogP contribution in [0.3, 0.4) is 0 Å². The minimum Gasteiger partial charge on any atom is -0.313 e. The summed E-state index contributed by atoms with van der Waals surface area (Å²) in [6, 6.07) is 18.4. The summed E-state index contributed by atoms with van der Waals surface area (Å²) in [4.78, 5) is 0. The number of nitrogens with one attached hydrogen (secondary N) is 1. The molecule has 21 heavy (non-hydrogen) atoms. The van der Waals surface area contributed by atoms with Gasteiger partial charge in [-0.2, -0.15) is 0 Å². The van der Waals surface area contributed by atoms with E-state index in [1.807, 2.05) is 7.05 Å². The van der Waals surface area contributed by atoms with E-state index in [1.54, 1.807) is 0 Å².